The maximum atomic E-state index is 12.0. The molecule has 1 aliphatic rings. The van der Waals surface area contributed by atoms with Crippen molar-refractivity contribution in [3.63, 3.8) is 0 Å². The van der Waals surface area contributed by atoms with Crippen LogP contribution in [-0.2, 0) is 9.59 Å². The van der Waals surface area contributed by atoms with Crippen molar-refractivity contribution in [1.82, 2.24) is 10.2 Å². The first kappa shape index (κ1) is 20.7. The van der Waals surface area contributed by atoms with Crippen LogP contribution in [-0.4, -0.2) is 64.7 Å². The number of aliphatic hydroxyl groups is 2. The van der Waals surface area contributed by atoms with E-state index < -0.39 is 17.6 Å². The van der Waals surface area contributed by atoms with Crippen LogP contribution >= 0.6 is 0 Å². The van der Waals surface area contributed by atoms with Gasteiger partial charge in [-0.25, -0.2) is 0 Å². The van der Waals surface area contributed by atoms with Crippen molar-refractivity contribution in [2.45, 2.75) is 38.9 Å². The second kappa shape index (κ2) is 7.82. The number of hydrogen-bond donors (Lipinski definition) is 3. The van der Waals surface area contributed by atoms with Crippen molar-refractivity contribution in [3.8, 4) is 0 Å². The molecule has 3 N–H and O–H groups in total. The van der Waals surface area contributed by atoms with Crippen molar-refractivity contribution in [2.75, 3.05) is 20.3 Å². The number of hydrogen-bond acceptors (Lipinski definition) is 5. The van der Waals surface area contributed by atoms with Gasteiger partial charge in [0.1, 0.15) is 12.1 Å². The number of amides is 1. The van der Waals surface area contributed by atoms with Gasteiger partial charge in [0.05, 0.1) is 18.8 Å². The summed E-state index contributed by atoms with van der Waals surface area (Å²) in [6.45, 7) is 2.54. The maximum absolute atomic E-state index is 12.0. The van der Waals surface area contributed by atoms with Crippen LogP contribution in [0.3, 0.4) is 0 Å². The molecule has 1 rings (SSSR count). The molecule has 0 aromatic heterocycles. The third-order valence-corrected chi connectivity index (χ3v) is 3.06. The second-order valence-corrected chi connectivity index (χ2v) is 4.35. The van der Waals surface area contributed by atoms with Crippen molar-refractivity contribution in [3.05, 3.63) is 0 Å². The minimum atomic E-state index is -0.894. The Morgan fingerprint density at radius 3 is 2.33 bits per heavy atom. The van der Waals surface area contributed by atoms with Crippen LogP contribution in [0.15, 0.2) is 0 Å². The minimum Gasteiger partial charge on any atom is -0.394 e. The smallest absolute Gasteiger partial charge is 0.243 e. The van der Waals surface area contributed by atoms with Gasteiger partial charge in [-0.1, -0.05) is 7.43 Å². The van der Waals surface area contributed by atoms with E-state index in [0.717, 1.165) is 0 Å². The van der Waals surface area contributed by atoms with E-state index in [1.165, 1.54) is 4.90 Å². The quantitative estimate of drug-likeness (QED) is 0.470. The molecule has 0 unspecified atom stereocenters. The number of nitrogens with zero attached hydrogens (tertiary/aromatic N) is 1. The standard InChI is InChI=1S/C10H18N2O4.CH4.Th/c1-10(2)8(15)7(5-14)12(10)9(16)6(4-13)11-3;;/h6-7,11,13-14H,4-5H2,1-3H3;1H4;/t6-,7-;;/m0../s1. The number of nitrogens with one attached hydrogen (secondary N) is 1. The van der Waals surface area contributed by atoms with Crippen LogP contribution in [0.4, 0.5) is 0 Å². The number of Topliss-reactive ketones (excluding diaryl/α,β-unsaturated/α-hetero) is 1. The Hall–Kier alpha value is 0.345. The molecule has 1 amide bonds. The van der Waals surface area contributed by atoms with Crippen LogP contribution in [0.2, 0.25) is 0 Å². The minimum absolute atomic E-state index is 0. The molecule has 0 aromatic carbocycles. The summed E-state index contributed by atoms with van der Waals surface area (Å²) in [7, 11) is 1.56. The summed E-state index contributed by atoms with van der Waals surface area (Å²) in [5.41, 5.74) is -0.894. The molecule has 104 valence electrons. The Morgan fingerprint density at radius 2 is 2.00 bits per heavy atom. The molecule has 2 atom stereocenters. The van der Waals surface area contributed by atoms with E-state index in [2.05, 4.69) is 5.32 Å². The number of carbonyl (C=O) groups is 2. The number of ketones is 1. The van der Waals surface area contributed by atoms with Crippen molar-refractivity contribution in [2.24, 2.45) is 0 Å². The Kier molecular flexibility index (Phi) is 8.97. The number of likely N-dealkylation sites (N-methyl/N-ethyl adjacent to an activating group) is 1. The zero-order valence-electron chi connectivity index (χ0n) is 10.2. The van der Waals surface area contributed by atoms with Gasteiger partial charge in [-0.15, -0.1) is 0 Å². The van der Waals surface area contributed by atoms with Gasteiger partial charge in [0, 0.05) is 39.9 Å². The summed E-state index contributed by atoms with van der Waals surface area (Å²) >= 11 is 0. The summed E-state index contributed by atoms with van der Waals surface area (Å²) in [4.78, 5) is 24.9. The first-order valence-corrected chi connectivity index (χ1v) is 5.18. The van der Waals surface area contributed by atoms with E-state index in [4.69, 9.17) is 10.2 Å². The SMILES string of the molecule is C.CN[C@@H](CO)C(=O)N1[C@@H](CO)C(=O)C1(C)C.[Th]. The molecule has 0 radical (unpaired) electrons. The predicted octanol–water partition coefficient (Wildman–Crippen LogP) is -1.25. The molecule has 6 nitrogen and oxygen atoms in total. The second-order valence-electron chi connectivity index (χ2n) is 4.35. The fourth-order valence-electron chi connectivity index (χ4n) is 2.02. The Morgan fingerprint density at radius 1 is 1.50 bits per heavy atom. The van der Waals surface area contributed by atoms with Gasteiger partial charge in [0.15, 0.2) is 5.78 Å². The average Bonchev–Trinajstić information content (AvgIpc) is 2.25. The molecule has 0 aromatic rings. The summed E-state index contributed by atoms with van der Waals surface area (Å²) in [6.07, 6.45) is 0. The van der Waals surface area contributed by atoms with E-state index in [1.54, 1.807) is 20.9 Å². The first-order valence-electron chi connectivity index (χ1n) is 5.18. The van der Waals surface area contributed by atoms with Crippen molar-refractivity contribution < 1.29 is 59.7 Å². The fraction of sp³-hybridized carbons (Fsp3) is 0.818. The van der Waals surface area contributed by atoms with Crippen LogP contribution in [0.5, 0.6) is 0 Å². The Balaban J connectivity index is 0. The molecule has 0 aliphatic carbocycles. The number of rotatable bonds is 4. The van der Waals surface area contributed by atoms with Crippen molar-refractivity contribution >= 4 is 11.7 Å². The van der Waals surface area contributed by atoms with Gasteiger partial charge in [-0.05, 0) is 20.9 Å². The monoisotopic (exact) mass is 478 g/mol. The van der Waals surface area contributed by atoms with Crippen molar-refractivity contribution in [1.29, 1.82) is 0 Å². The van der Waals surface area contributed by atoms with Gasteiger partial charge in [0.2, 0.25) is 5.91 Å². The number of likely N-dealkylation sites (tertiary alicyclic amines) is 1. The van der Waals surface area contributed by atoms with Gasteiger partial charge in [-0.3, -0.25) is 9.59 Å². The topological polar surface area (TPSA) is 89.9 Å². The number of aliphatic hydroxyl groups excluding tert-OH is 2. The van der Waals surface area contributed by atoms with Gasteiger partial charge < -0.3 is 20.4 Å². The van der Waals surface area contributed by atoms with Crippen LogP contribution in [0.25, 0.3) is 0 Å². The zero-order chi connectivity index (χ0) is 12.5. The molecule has 1 fully saturated rings. The molecule has 1 saturated heterocycles. The molecule has 0 bridgehead atoms. The first-order chi connectivity index (χ1) is 7.41. The maximum Gasteiger partial charge on any atom is 0.243 e. The average molecular weight is 478 g/mol. The van der Waals surface area contributed by atoms with E-state index in [1.807, 2.05) is 0 Å². The summed E-state index contributed by atoms with van der Waals surface area (Å²) in [6, 6.07) is -1.51. The normalized spacial score (nSPS) is 22.4. The van der Waals surface area contributed by atoms with Gasteiger partial charge in [0.25, 0.3) is 0 Å². The summed E-state index contributed by atoms with van der Waals surface area (Å²) in [5.74, 6) is -0.523. The summed E-state index contributed by atoms with van der Waals surface area (Å²) in [5, 5.41) is 20.7. The largest absolute Gasteiger partial charge is 0.394 e. The third-order valence-electron chi connectivity index (χ3n) is 3.06. The molecule has 1 aliphatic heterocycles. The van der Waals surface area contributed by atoms with E-state index in [0.29, 0.717) is 0 Å². The zero-order valence-corrected chi connectivity index (χ0v) is 14.3. The summed E-state index contributed by atoms with van der Waals surface area (Å²) < 4.78 is 0. The van der Waals surface area contributed by atoms with E-state index in [9.17, 15) is 9.59 Å². The molecule has 7 heteroatoms. The molecular formula is C11H22N2O4Th. The predicted molar refractivity (Wildman–Crippen MR) is 63.5 cm³/mol. The molecule has 0 saturated carbocycles. The third kappa shape index (κ3) is 3.26. The fourth-order valence-corrected chi connectivity index (χ4v) is 2.02. The molecule has 0 spiro atoms. The van der Waals surface area contributed by atoms with Gasteiger partial charge in [-0.2, -0.15) is 0 Å². The van der Waals surface area contributed by atoms with E-state index in [-0.39, 0.29) is 72.3 Å². The van der Waals surface area contributed by atoms with Gasteiger partial charge >= 0.3 is 0 Å². The van der Waals surface area contributed by atoms with E-state index >= 15 is 0 Å². The Labute approximate surface area is 140 Å². The molecule has 18 heavy (non-hydrogen) atoms. The van der Waals surface area contributed by atoms with Crippen LogP contribution in [0.1, 0.15) is 21.3 Å². The number of carbonyl (C=O) groups excluding carboxylic acids is 2. The van der Waals surface area contributed by atoms with Crippen LogP contribution < -0.4 is 5.32 Å². The molecular weight excluding hydrogens is 456 g/mol. The van der Waals surface area contributed by atoms with Crippen LogP contribution in [0, 0.1) is 39.9 Å². The Bertz CT molecular complexity index is 305. The molecule has 1 heterocycles.